The molecule has 27 heavy (non-hydrogen) atoms. The summed E-state index contributed by atoms with van der Waals surface area (Å²) in [6.45, 7) is -0.260. The molecule has 1 aliphatic rings. The van der Waals surface area contributed by atoms with Gasteiger partial charge in [-0.25, -0.2) is 0 Å². The first-order valence-corrected chi connectivity index (χ1v) is 8.68. The molecule has 1 fully saturated rings. The van der Waals surface area contributed by atoms with Crippen LogP contribution < -0.4 is 10.6 Å². The van der Waals surface area contributed by atoms with Gasteiger partial charge < -0.3 is 25.6 Å². The summed E-state index contributed by atoms with van der Waals surface area (Å²) < 4.78 is 5.44. The lowest BCUT2D eigenvalue weighted by atomic mass is 9.96. The molecule has 3 rings (SSSR count). The quantitative estimate of drug-likeness (QED) is 0.586. The smallest absolute Gasteiger partial charge is 0.251 e. The fourth-order valence-corrected chi connectivity index (χ4v) is 2.91. The van der Waals surface area contributed by atoms with Gasteiger partial charge in [-0.1, -0.05) is 36.4 Å². The zero-order valence-corrected chi connectivity index (χ0v) is 14.7. The molecule has 0 bridgehead atoms. The molecule has 2 aromatic carbocycles. The van der Waals surface area contributed by atoms with E-state index >= 15 is 0 Å². The molecule has 1 heterocycles. The lowest BCUT2D eigenvalue weighted by Gasteiger charge is -2.26. The molecule has 1 aliphatic heterocycles. The zero-order chi connectivity index (χ0) is 19.3. The zero-order valence-electron chi connectivity index (χ0n) is 14.7. The lowest BCUT2D eigenvalue weighted by Crippen LogP contribution is -2.53. The molecule has 142 valence electrons. The van der Waals surface area contributed by atoms with Crippen LogP contribution in [0.3, 0.4) is 0 Å². The van der Waals surface area contributed by atoms with Crippen LogP contribution in [0, 0.1) is 0 Å². The minimum atomic E-state index is -1.62. The number of amides is 2. The van der Waals surface area contributed by atoms with E-state index in [4.69, 9.17) is 4.74 Å². The molecule has 0 saturated carbocycles. The molecular weight excluding hydrogens is 348 g/mol. The Labute approximate surface area is 157 Å². The van der Waals surface area contributed by atoms with Crippen molar-refractivity contribution < 1.29 is 24.5 Å². The summed E-state index contributed by atoms with van der Waals surface area (Å²) in [7, 11) is 0. The molecule has 7 heteroatoms. The van der Waals surface area contributed by atoms with Crippen LogP contribution in [-0.2, 0) is 4.74 Å². The Morgan fingerprint density at radius 2 is 1.48 bits per heavy atom. The second-order valence-electron chi connectivity index (χ2n) is 6.52. The van der Waals surface area contributed by atoms with Crippen LogP contribution in [0.15, 0.2) is 60.7 Å². The molecule has 3 atom stereocenters. The Hall–Kier alpha value is -2.74. The molecule has 0 unspecified atom stereocenters. The van der Waals surface area contributed by atoms with Gasteiger partial charge in [0.2, 0.25) is 0 Å². The summed E-state index contributed by atoms with van der Waals surface area (Å²) in [6, 6.07) is 17.3. The molecule has 0 spiro atoms. The molecule has 0 aromatic heterocycles. The average Bonchev–Trinajstić information content (AvgIpc) is 3.00. The third kappa shape index (κ3) is 4.51. The normalized spacial score (nSPS) is 24.4. The topological polar surface area (TPSA) is 108 Å². The SMILES string of the molecule is O=C(NC[C@H]1OC[C@@](O)(CNC(=O)c2ccccc2)[C@@H]1O)c1ccccc1. The summed E-state index contributed by atoms with van der Waals surface area (Å²) in [5, 5.41) is 26.3. The summed E-state index contributed by atoms with van der Waals surface area (Å²) >= 11 is 0. The Kier molecular flexibility index (Phi) is 5.85. The molecule has 0 aliphatic carbocycles. The Morgan fingerprint density at radius 3 is 2.04 bits per heavy atom. The number of aliphatic hydroxyl groups is 2. The van der Waals surface area contributed by atoms with Crippen molar-refractivity contribution >= 4 is 11.8 Å². The van der Waals surface area contributed by atoms with Crippen LogP contribution in [-0.4, -0.2) is 59.5 Å². The van der Waals surface area contributed by atoms with Gasteiger partial charge in [0.15, 0.2) is 0 Å². The highest BCUT2D eigenvalue weighted by atomic mass is 16.5. The minimum absolute atomic E-state index is 0.0455. The number of rotatable bonds is 6. The van der Waals surface area contributed by atoms with E-state index in [2.05, 4.69) is 10.6 Å². The van der Waals surface area contributed by atoms with Crippen molar-refractivity contribution in [1.29, 1.82) is 0 Å². The second-order valence-corrected chi connectivity index (χ2v) is 6.52. The largest absolute Gasteiger partial charge is 0.387 e. The van der Waals surface area contributed by atoms with Crippen molar-refractivity contribution in [3.05, 3.63) is 71.8 Å². The van der Waals surface area contributed by atoms with E-state index < -0.39 is 17.8 Å². The Balaban J connectivity index is 1.51. The molecule has 7 nitrogen and oxygen atoms in total. The van der Waals surface area contributed by atoms with Gasteiger partial charge in [-0.2, -0.15) is 0 Å². The number of hydrogen-bond donors (Lipinski definition) is 4. The average molecular weight is 370 g/mol. The van der Waals surface area contributed by atoms with Crippen molar-refractivity contribution in [3.63, 3.8) is 0 Å². The van der Waals surface area contributed by atoms with Gasteiger partial charge in [0.1, 0.15) is 17.8 Å². The summed E-state index contributed by atoms with van der Waals surface area (Å²) in [4.78, 5) is 24.2. The lowest BCUT2D eigenvalue weighted by molar-refractivity contribution is -0.0464. The maximum absolute atomic E-state index is 12.1. The number of hydrogen-bond acceptors (Lipinski definition) is 5. The van der Waals surface area contributed by atoms with E-state index in [-0.39, 0.29) is 31.5 Å². The van der Waals surface area contributed by atoms with E-state index in [1.807, 2.05) is 6.07 Å². The molecule has 4 N–H and O–H groups in total. The Bertz CT molecular complexity index is 783. The van der Waals surface area contributed by atoms with E-state index in [1.165, 1.54) is 0 Å². The van der Waals surface area contributed by atoms with Gasteiger partial charge in [0.25, 0.3) is 11.8 Å². The van der Waals surface area contributed by atoms with Crippen LogP contribution in [0.25, 0.3) is 0 Å². The molecule has 1 saturated heterocycles. The molecular formula is C20H22N2O5. The number of ether oxygens (including phenoxy) is 1. The van der Waals surface area contributed by atoms with Crippen molar-refractivity contribution in [2.75, 3.05) is 19.7 Å². The van der Waals surface area contributed by atoms with Crippen LogP contribution >= 0.6 is 0 Å². The van der Waals surface area contributed by atoms with Crippen molar-refractivity contribution in [3.8, 4) is 0 Å². The fraction of sp³-hybridized carbons (Fsp3) is 0.300. The highest BCUT2D eigenvalue weighted by Gasteiger charge is 2.48. The predicted octanol–water partition coefficient (Wildman–Crippen LogP) is 0.337. The predicted molar refractivity (Wildman–Crippen MR) is 98.2 cm³/mol. The van der Waals surface area contributed by atoms with Crippen molar-refractivity contribution in [1.82, 2.24) is 10.6 Å². The first kappa shape index (κ1) is 19.0. The second kappa shape index (κ2) is 8.30. The number of carbonyl (C=O) groups excluding carboxylic acids is 2. The maximum atomic E-state index is 12.1. The third-order valence-corrected chi connectivity index (χ3v) is 4.54. The minimum Gasteiger partial charge on any atom is -0.387 e. The third-order valence-electron chi connectivity index (χ3n) is 4.54. The van der Waals surface area contributed by atoms with Gasteiger partial charge in [0, 0.05) is 17.7 Å². The van der Waals surface area contributed by atoms with Crippen LogP contribution in [0.2, 0.25) is 0 Å². The van der Waals surface area contributed by atoms with Gasteiger partial charge >= 0.3 is 0 Å². The number of carbonyl (C=O) groups is 2. The highest BCUT2D eigenvalue weighted by Crippen LogP contribution is 2.24. The summed E-state index contributed by atoms with van der Waals surface area (Å²) in [6.07, 6.45) is -2.01. The van der Waals surface area contributed by atoms with Gasteiger partial charge in [-0.15, -0.1) is 0 Å². The Morgan fingerprint density at radius 1 is 0.963 bits per heavy atom. The molecule has 0 radical (unpaired) electrons. The maximum Gasteiger partial charge on any atom is 0.251 e. The van der Waals surface area contributed by atoms with Crippen LogP contribution in [0.5, 0.6) is 0 Å². The van der Waals surface area contributed by atoms with E-state index in [0.29, 0.717) is 11.1 Å². The van der Waals surface area contributed by atoms with Crippen LogP contribution in [0.1, 0.15) is 20.7 Å². The monoisotopic (exact) mass is 370 g/mol. The molecule has 2 amide bonds. The van der Waals surface area contributed by atoms with E-state index in [0.717, 1.165) is 0 Å². The number of benzene rings is 2. The molecule has 2 aromatic rings. The van der Waals surface area contributed by atoms with Gasteiger partial charge in [0.05, 0.1) is 13.2 Å². The summed E-state index contributed by atoms with van der Waals surface area (Å²) in [5.74, 6) is -0.642. The number of nitrogens with one attached hydrogen (secondary N) is 2. The first-order chi connectivity index (χ1) is 13.0. The van der Waals surface area contributed by atoms with Crippen molar-refractivity contribution in [2.24, 2.45) is 0 Å². The van der Waals surface area contributed by atoms with Gasteiger partial charge in [-0.05, 0) is 24.3 Å². The van der Waals surface area contributed by atoms with E-state index in [1.54, 1.807) is 54.6 Å². The van der Waals surface area contributed by atoms with Crippen molar-refractivity contribution in [2.45, 2.75) is 17.8 Å². The highest BCUT2D eigenvalue weighted by molar-refractivity contribution is 5.94. The van der Waals surface area contributed by atoms with E-state index in [9.17, 15) is 19.8 Å². The first-order valence-electron chi connectivity index (χ1n) is 8.68. The fourth-order valence-electron chi connectivity index (χ4n) is 2.91. The van der Waals surface area contributed by atoms with Gasteiger partial charge in [-0.3, -0.25) is 9.59 Å². The van der Waals surface area contributed by atoms with Crippen LogP contribution in [0.4, 0.5) is 0 Å². The standard InChI is InChI=1S/C20H22N2O5/c23-17-16(11-21-18(24)14-7-3-1-4-8-14)27-13-20(17,26)12-22-19(25)15-9-5-2-6-10-15/h1-10,16-17,23,26H,11-13H2,(H,21,24)(H,22,25)/t16-,17-,20+/m1/s1. The number of aliphatic hydroxyl groups excluding tert-OH is 1. The summed E-state index contributed by atoms with van der Waals surface area (Å²) in [5.41, 5.74) is -0.663.